The zero-order valence-corrected chi connectivity index (χ0v) is 33.6. The van der Waals surface area contributed by atoms with Crippen LogP contribution in [0.4, 0.5) is 17.1 Å². The van der Waals surface area contributed by atoms with E-state index in [1.165, 1.54) is 71.3 Å². The Balaban J connectivity index is 1.08. The molecule has 0 aromatic heterocycles. The smallest absolute Gasteiger partial charge is 0.0546 e. The Labute approximate surface area is 357 Å². The number of rotatable bonds is 8. The molecule has 0 aliphatic heterocycles. The van der Waals surface area contributed by atoms with Gasteiger partial charge in [0.2, 0.25) is 0 Å². The van der Waals surface area contributed by atoms with Crippen LogP contribution >= 0.6 is 0 Å². The first-order valence-corrected chi connectivity index (χ1v) is 21.0. The van der Waals surface area contributed by atoms with E-state index in [0.717, 1.165) is 33.8 Å². The van der Waals surface area contributed by atoms with E-state index in [1.54, 1.807) is 0 Å². The molecule has 0 fully saturated rings. The van der Waals surface area contributed by atoms with E-state index < -0.39 is 0 Å². The van der Waals surface area contributed by atoms with E-state index in [1.807, 2.05) is 0 Å². The van der Waals surface area contributed by atoms with Gasteiger partial charge in [0.05, 0.1) is 11.4 Å². The summed E-state index contributed by atoms with van der Waals surface area (Å²) < 4.78 is 0. The second-order valence-electron chi connectivity index (χ2n) is 15.7. The van der Waals surface area contributed by atoms with Crippen molar-refractivity contribution in [1.29, 1.82) is 0 Å². The molecule has 1 nitrogen and oxygen atoms in total. The molecule has 11 aromatic carbocycles. The molecule has 0 aliphatic rings. The van der Waals surface area contributed by atoms with Crippen LogP contribution in [0.15, 0.2) is 249 Å². The van der Waals surface area contributed by atoms with Gasteiger partial charge >= 0.3 is 0 Å². The van der Waals surface area contributed by atoms with Gasteiger partial charge in [-0.15, -0.1) is 0 Å². The second-order valence-corrected chi connectivity index (χ2v) is 15.7. The van der Waals surface area contributed by atoms with Crippen molar-refractivity contribution in [3.05, 3.63) is 249 Å². The minimum Gasteiger partial charge on any atom is -0.309 e. The fourth-order valence-corrected chi connectivity index (χ4v) is 8.93. The summed E-state index contributed by atoms with van der Waals surface area (Å²) >= 11 is 0. The van der Waals surface area contributed by atoms with Crippen molar-refractivity contribution in [2.24, 2.45) is 0 Å². The zero-order chi connectivity index (χ0) is 40.5. The van der Waals surface area contributed by atoms with Crippen molar-refractivity contribution >= 4 is 49.4 Å². The predicted molar refractivity (Wildman–Crippen MR) is 261 cm³/mol. The minimum absolute atomic E-state index is 1.08. The predicted octanol–water partition coefficient (Wildman–Crippen LogP) is 17.0. The van der Waals surface area contributed by atoms with Gasteiger partial charge in [-0.2, -0.15) is 0 Å². The van der Waals surface area contributed by atoms with Gasteiger partial charge in [0, 0.05) is 16.8 Å². The summed E-state index contributed by atoms with van der Waals surface area (Å²) in [6.45, 7) is 0. The summed E-state index contributed by atoms with van der Waals surface area (Å²) in [6, 6.07) is 90.6. The maximum Gasteiger partial charge on any atom is 0.0546 e. The van der Waals surface area contributed by atoms with Crippen LogP contribution in [0.1, 0.15) is 0 Å². The van der Waals surface area contributed by atoms with Crippen molar-refractivity contribution in [3.8, 4) is 55.6 Å². The van der Waals surface area contributed by atoms with Crippen LogP contribution < -0.4 is 4.90 Å². The Morgan fingerprint density at radius 3 is 1.41 bits per heavy atom. The Morgan fingerprint density at radius 2 is 0.672 bits per heavy atom. The number of benzene rings is 11. The van der Waals surface area contributed by atoms with E-state index in [2.05, 4.69) is 254 Å². The van der Waals surface area contributed by atoms with Gasteiger partial charge in [-0.3, -0.25) is 0 Å². The van der Waals surface area contributed by atoms with Gasteiger partial charge in [0.1, 0.15) is 0 Å². The van der Waals surface area contributed by atoms with Gasteiger partial charge in [0.15, 0.2) is 0 Å². The molecule has 0 unspecified atom stereocenters. The number of para-hydroxylation sites is 1. The first-order valence-electron chi connectivity index (χ1n) is 21.0. The van der Waals surface area contributed by atoms with Gasteiger partial charge in [0.25, 0.3) is 0 Å². The highest BCUT2D eigenvalue weighted by Gasteiger charge is 2.22. The van der Waals surface area contributed by atoms with Crippen LogP contribution in [0.25, 0.3) is 88.0 Å². The molecule has 11 aromatic rings. The van der Waals surface area contributed by atoms with E-state index in [0.29, 0.717) is 0 Å². The molecule has 0 atom stereocenters. The van der Waals surface area contributed by atoms with Crippen LogP contribution in [0.3, 0.4) is 0 Å². The van der Waals surface area contributed by atoms with E-state index >= 15 is 0 Å². The van der Waals surface area contributed by atoms with Crippen LogP contribution in [-0.2, 0) is 0 Å². The maximum atomic E-state index is 2.46. The zero-order valence-electron chi connectivity index (χ0n) is 33.6. The molecule has 0 heterocycles. The summed E-state index contributed by atoms with van der Waals surface area (Å²) in [4.78, 5) is 2.46. The summed E-state index contributed by atoms with van der Waals surface area (Å²) in [5.41, 5.74) is 15.1. The summed E-state index contributed by atoms with van der Waals surface area (Å²) in [6.07, 6.45) is 0. The minimum atomic E-state index is 1.08. The van der Waals surface area contributed by atoms with Crippen molar-refractivity contribution in [2.75, 3.05) is 4.90 Å². The van der Waals surface area contributed by atoms with E-state index in [-0.39, 0.29) is 0 Å². The molecular weight excluding hydrogens is 735 g/mol. The highest BCUT2D eigenvalue weighted by molar-refractivity contribution is 5.99. The number of hydrogen-bond donors (Lipinski definition) is 0. The van der Waals surface area contributed by atoms with Crippen LogP contribution in [0.2, 0.25) is 0 Å². The third-order valence-corrected chi connectivity index (χ3v) is 12.1. The summed E-state index contributed by atoms with van der Waals surface area (Å²) in [5, 5.41) is 7.44. The van der Waals surface area contributed by atoms with Gasteiger partial charge in [-0.1, -0.05) is 212 Å². The van der Waals surface area contributed by atoms with E-state index in [9.17, 15) is 0 Å². The molecule has 0 amide bonds. The third kappa shape index (κ3) is 6.93. The molecule has 0 radical (unpaired) electrons. The molecule has 286 valence electrons. The lowest BCUT2D eigenvalue weighted by molar-refractivity contribution is 1.28. The highest BCUT2D eigenvalue weighted by atomic mass is 15.1. The van der Waals surface area contributed by atoms with Gasteiger partial charge in [-0.05, 0) is 113 Å². The lowest BCUT2D eigenvalue weighted by Crippen LogP contribution is -2.12. The molecule has 0 N–H and O–H groups in total. The van der Waals surface area contributed by atoms with Crippen LogP contribution in [0, 0.1) is 0 Å². The van der Waals surface area contributed by atoms with Crippen molar-refractivity contribution in [1.82, 2.24) is 0 Å². The summed E-state index contributed by atoms with van der Waals surface area (Å²) in [5.74, 6) is 0. The van der Waals surface area contributed by atoms with Gasteiger partial charge < -0.3 is 4.90 Å². The molecule has 0 spiro atoms. The van der Waals surface area contributed by atoms with Gasteiger partial charge in [-0.25, -0.2) is 0 Å². The molecule has 0 saturated carbocycles. The fourth-order valence-electron chi connectivity index (χ4n) is 8.93. The largest absolute Gasteiger partial charge is 0.309 e. The average Bonchev–Trinajstić information content (AvgIpc) is 3.34. The van der Waals surface area contributed by atoms with Crippen molar-refractivity contribution < 1.29 is 0 Å². The first kappa shape index (κ1) is 36.1. The number of anilines is 3. The van der Waals surface area contributed by atoms with Crippen LogP contribution in [0.5, 0.6) is 0 Å². The maximum absolute atomic E-state index is 2.46. The Kier molecular flexibility index (Phi) is 9.26. The molecule has 0 saturated heterocycles. The number of fused-ring (bicyclic) bond motifs is 3. The van der Waals surface area contributed by atoms with Crippen molar-refractivity contribution in [2.45, 2.75) is 0 Å². The fraction of sp³-hybridized carbons (Fsp3) is 0. The molecule has 0 aliphatic carbocycles. The molecule has 0 bridgehead atoms. The SMILES string of the molecule is c1ccc(-c2ccccc2N(c2ccc(-c3ccc(-c4cccc5ccccc45)cc3)cc2)c2cc(-c3ccc4ccccc4c3)ccc2-c2ccc3ccccc3c2)cc1. The van der Waals surface area contributed by atoms with Crippen molar-refractivity contribution in [3.63, 3.8) is 0 Å². The van der Waals surface area contributed by atoms with Crippen LogP contribution in [-0.4, -0.2) is 0 Å². The quantitative estimate of drug-likeness (QED) is 0.149. The lowest BCUT2D eigenvalue weighted by Gasteiger charge is -2.30. The Bertz CT molecular complexity index is 3340. The highest BCUT2D eigenvalue weighted by Crippen LogP contribution is 2.47. The monoisotopic (exact) mass is 775 g/mol. The standard InChI is InChI=1S/C60H41N/c1-2-15-47(16-3-1)57-22-10-11-24-59(57)61(54-36-33-45(34-37-54)44-25-29-48(30-26-44)56-23-12-20-46-17-8-9-21-55(46)56)60-41-52(51-31-27-42-13-4-6-18-49(42)39-51)35-38-58(60)53-32-28-43-14-5-7-19-50(43)40-53/h1-41H. The second kappa shape index (κ2) is 15.6. The number of hydrogen-bond acceptors (Lipinski definition) is 1. The third-order valence-electron chi connectivity index (χ3n) is 12.1. The molecular formula is C60H41N. The lowest BCUT2D eigenvalue weighted by atomic mass is 9.93. The first-order chi connectivity index (χ1) is 30.2. The Hall–Kier alpha value is -8.00. The van der Waals surface area contributed by atoms with E-state index in [4.69, 9.17) is 0 Å². The molecule has 61 heavy (non-hydrogen) atoms. The topological polar surface area (TPSA) is 3.24 Å². The molecule has 11 rings (SSSR count). The normalized spacial score (nSPS) is 11.3. The average molecular weight is 776 g/mol. The summed E-state index contributed by atoms with van der Waals surface area (Å²) in [7, 11) is 0. The Morgan fingerprint density at radius 1 is 0.213 bits per heavy atom. The molecule has 1 heteroatoms. The number of nitrogens with zero attached hydrogens (tertiary/aromatic N) is 1.